The number of hydrogen-bond acceptors (Lipinski definition) is 8. The predicted octanol–water partition coefficient (Wildman–Crippen LogP) is 6.58. The molecule has 0 N–H and O–H groups in total. The zero-order valence-electron chi connectivity index (χ0n) is 26.6. The Kier molecular flexibility index (Phi) is 10.1. The first-order valence-corrected chi connectivity index (χ1v) is 16.7. The molecule has 1 aliphatic heterocycles. The average Bonchev–Trinajstić information content (AvgIpc) is 3.42. The van der Waals surface area contributed by atoms with E-state index in [0.29, 0.717) is 49.5 Å². The molecule has 1 aromatic heterocycles. The van der Waals surface area contributed by atoms with Crippen LogP contribution in [0, 0.1) is 0 Å². The van der Waals surface area contributed by atoms with Gasteiger partial charge in [-0.15, -0.1) is 0 Å². The lowest BCUT2D eigenvalue weighted by Gasteiger charge is -2.26. The molecule has 1 aliphatic rings. The van der Waals surface area contributed by atoms with E-state index in [2.05, 4.69) is 0 Å². The number of rotatable bonds is 11. The molecule has 0 fully saturated rings. The topological polar surface area (TPSA) is 88.4 Å². The third kappa shape index (κ3) is 6.79. The van der Waals surface area contributed by atoms with Crippen molar-refractivity contribution in [2.75, 3.05) is 20.3 Å². The van der Waals surface area contributed by atoms with Gasteiger partial charge in [0.2, 0.25) is 0 Å². The van der Waals surface area contributed by atoms with E-state index in [0.717, 1.165) is 16.7 Å². The Balaban J connectivity index is 1.49. The summed E-state index contributed by atoms with van der Waals surface area (Å²) < 4.78 is 25.1. The van der Waals surface area contributed by atoms with Crippen LogP contribution in [0.2, 0.25) is 5.02 Å². The maximum atomic E-state index is 14.3. The van der Waals surface area contributed by atoms with Crippen molar-refractivity contribution < 1.29 is 23.7 Å². The van der Waals surface area contributed by atoms with Crippen LogP contribution >= 0.6 is 22.9 Å². The lowest BCUT2D eigenvalue weighted by Crippen LogP contribution is -2.40. The number of fused-ring (bicyclic) bond motifs is 1. The lowest BCUT2D eigenvalue weighted by molar-refractivity contribution is -0.138. The molecule has 0 unspecified atom stereocenters. The van der Waals surface area contributed by atoms with Crippen molar-refractivity contribution in [2.45, 2.75) is 26.5 Å². The molecule has 0 saturated carbocycles. The Morgan fingerprint density at radius 3 is 2.46 bits per heavy atom. The van der Waals surface area contributed by atoms with Crippen molar-refractivity contribution in [3.63, 3.8) is 0 Å². The molecule has 0 radical (unpaired) electrons. The highest BCUT2D eigenvalue weighted by molar-refractivity contribution is 7.07. The molecule has 0 amide bonds. The smallest absolute Gasteiger partial charge is 0.338 e. The van der Waals surface area contributed by atoms with E-state index in [1.54, 1.807) is 24.7 Å². The second-order valence-electron chi connectivity index (χ2n) is 10.7. The first-order chi connectivity index (χ1) is 23.4. The molecule has 5 aromatic rings. The molecule has 4 aromatic carbocycles. The third-order valence-electron chi connectivity index (χ3n) is 7.69. The summed E-state index contributed by atoms with van der Waals surface area (Å²) in [4.78, 5) is 33.4. The minimum Gasteiger partial charge on any atom is -0.497 e. The van der Waals surface area contributed by atoms with Crippen molar-refractivity contribution in [3.8, 4) is 17.2 Å². The minimum absolute atomic E-state index is 0.167. The van der Waals surface area contributed by atoms with Crippen molar-refractivity contribution in [3.05, 3.63) is 150 Å². The molecule has 0 spiro atoms. The van der Waals surface area contributed by atoms with Crippen LogP contribution < -0.4 is 29.1 Å². The first kappa shape index (κ1) is 32.8. The summed E-state index contributed by atoms with van der Waals surface area (Å²) in [5, 5.41) is 0.622. The van der Waals surface area contributed by atoms with Crippen LogP contribution in [0.4, 0.5) is 0 Å². The third-order valence-corrected chi connectivity index (χ3v) is 9.04. The fourth-order valence-corrected chi connectivity index (χ4v) is 6.68. The zero-order valence-corrected chi connectivity index (χ0v) is 28.2. The quantitative estimate of drug-likeness (QED) is 0.147. The van der Waals surface area contributed by atoms with Crippen LogP contribution in [0.25, 0.3) is 11.8 Å². The summed E-state index contributed by atoms with van der Waals surface area (Å²) in [6.45, 7) is 4.51. The maximum Gasteiger partial charge on any atom is 0.338 e. The summed E-state index contributed by atoms with van der Waals surface area (Å²) in [5.41, 5.74) is 3.45. The molecule has 1 atom stereocenters. The van der Waals surface area contributed by atoms with Gasteiger partial charge in [0.25, 0.3) is 5.56 Å². The monoisotopic (exact) mass is 680 g/mol. The van der Waals surface area contributed by atoms with E-state index in [1.165, 1.54) is 11.3 Å². The van der Waals surface area contributed by atoms with Gasteiger partial charge in [-0.05, 0) is 61.4 Å². The average molecular weight is 681 g/mol. The van der Waals surface area contributed by atoms with Crippen LogP contribution in [0.1, 0.15) is 42.1 Å². The Labute approximate surface area is 286 Å². The number of carbonyl (C=O) groups excluding carboxylic acids is 1. The molecule has 244 valence electrons. The van der Waals surface area contributed by atoms with Crippen molar-refractivity contribution >= 4 is 40.7 Å². The molecule has 0 bridgehead atoms. The molecular weight excluding hydrogens is 648 g/mol. The number of esters is 1. The van der Waals surface area contributed by atoms with Gasteiger partial charge in [-0.1, -0.05) is 89.7 Å². The molecular formula is C38H33ClN2O6S. The number of carbonyl (C=O) groups is 1. The lowest BCUT2D eigenvalue weighted by atomic mass is 9.93. The Hall–Kier alpha value is -5.12. The van der Waals surface area contributed by atoms with E-state index in [4.69, 9.17) is 35.5 Å². The van der Waals surface area contributed by atoms with Gasteiger partial charge in [-0.2, -0.15) is 0 Å². The van der Waals surface area contributed by atoms with E-state index < -0.39 is 12.0 Å². The zero-order chi connectivity index (χ0) is 33.6. The van der Waals surface area contributed by atoms with Gasteiger partial charge >= 0.3 is 5.97 Å². The van der Waals surface area contributed by atoms with Crippen LogP contribution in [0.3, 0.4) is 0 Å². The second-order valence-corrected chi connectivity index (χ2v) is 12.1. The normalized spacial score (nSPS) is 14.2. The van der Waals surface area contributed by atoms with Crippen LogP contribution in [0.5, 0.6) is 17.2 Å². The van der Waals surface area contributed by atoms with E-state index in [1.807, 2.05) is 104 Å². The van der Waals surface area contributed by atoms with Crippen molar-refractivity contribution in [1.82, 2.24) is 4.57 Å². The largest absolute Gasteiger partial charge is 0.497 e. The van der Waals surface area contributed by atoms with Gasteiger partial charge in [0.15, 0.2) is 16.3 Å². The molecule has 0 aliphatic carbocycles. The van der Waals surface area contributed by atoms with E-state index in [9.17, 15) is 9.59 Å². The number of thiazole rings is 1. The Bertz CT molecular complexity index is 2170. The summed E-state index contributed by atoms with van der Waals surface area (Å²) in [5.74, 6) is 1.14. The number of halogens is 1. The number of benzene rings is 4. The number of ether oxygens (including phenoxy) is 4. The highest BCUT2D eigenvalue weighted by Gasteiger charge is 2.35. The van der Waals surface area contributed by atoms with Crippen LogP contribution in [-0.2, 0) is 16.1 Å². The summed E-state index contributed by atoms with van der Waals surface area (Å²) >= 11 is 7.57. The van der Waals surface area contributed by atoms with E-state index in [-0.39, 0.29) is 24.3 Å². The number of hydrogen-bond donors (Lipinski definition) is 0. The van der Waals surface area contributed by atoms with Gasteiger partial charge in [0.05, 0.1) is 42.2 Å². The highest BCUT2D eigenvalue weighted by atomic mass is 35.5. The molecule has 10 heteroatoms. The molecule has 8 nitrogen and oxygen atoms in total. The molecule has 2 heterocycles. The van der Waals surface area contributed by atoms with Gasteiger partial charge in [0, 0.05) is 16.1 Å². The SMILES string of the molecule is CCOC(=O)C1=C(c2ccccc2)N=c2s/c(=C\c3ccc(OCc4ccccc4Cl)c(OCC)c3)c(=O)n2[C@H]1c1cccc(OC)c1. The van der Waals surface area contributed by atoms with Crippen molar-refractivity contribution in [1.29, 1.82) is 0 Å². The molecule has 0 saturated heterocycles. The standard InChI is InChI=1S/C38H33ClN2O6S/c1-4-45-31-20-24(18-19-30(31)47-23-27-14-9-10-17-29(27)39)21-32-36(42)41-35(26-15-11-16-28(22-26)44-3)33(37(43)46-5-2)34(40-38(41)48-32)25-12-7-6-8-13-25/h6-22,35H,4-5,23H2,1-3H3/b32-21-/t35-/m0/s1. The van der Waals surface area contributed by atoms with Gasteiger partial charge in [-0.3, -0.25) is 9.36 Å². The fourth-order valence-electron chi connectivity index (χ4n) is 5.49. The molecule has 48 heavy (non-hydrogen) atoms. The molecule has 6 rings (SSSR count). The fraction of sp³-hybridized carbons (Fsp3) is 0.184. The number of methoxy groups -OCH3 is 1. The highest BCUT2D eigenvalue weighted by Crippen LogP contribution is 2.36. The van der Waals surface area contributed by atoms with Gasteiger partial charge < -0.3 is 18.9 Å². The Morgan fingerprint density at radius 1 is 0.917 bits per heavy atom. The number of nitrogens with zero attached hydrogens (tertiary/aromatic N) is 2. The minimum atomic E-state index is -0.813. The van der Waals surface area contributed by atoms with E-state index >= 15 is 0 Å². The van der Waals surface area contributed by atoms with Crippen LogP contribution in [0.15, 0.2) is 112 Å². The second kappa shape index (κ2) is 14.8. The summed E-state index contributed by atoms with van der Waals surface area (Å²) in [7, 11) is 1.58. The van der Waals surface area contributed by atoms with Crippen LogP contribution in [-0.4, -0.2) is 30.9 Å². The summed E-state index contributed by atoms with van der Waals surface area (Å²) in [6, 6.07) is 29.0. The van der Waals surface area contributed by atoms with Crippen molar-refractivity contribution in [2.24, 2.45) is 4.99 Å². The van der Waals surface area contributed by atoms with Gasteiger partial charge in [0.1, 0.15) is 12.4 Å². The maximum absolute atomic E-state index is 14.3. The van der Waals surface area contributed by atoms with Gasteiger partial charge in [-0.25, -0.2) is 9.79 Å². The predicted molar refractivity (Wildman–Crippen MR) is 187 cm³/mol. The Morgan fingerprint density at radius 2 is 1.71 bits per heavy atom. The number of aromatic nitrogens is 1. The first-order valence-electron chi connectivity index (χ1n) is 15.5. The summed E-state index contributed by atoms with van der Waals surface area (Å²) in [6.07, 6.45) is 1.79.